The third-order valence-electron chi connectivity index (χ3n) is 4.79. The molecule has 0 bridgehead atoms. The first-order valence-electron chi connectivity index (χ1n) is 9.70. The lowest BCUT2D eigenvalue weighted by molar-refractivity contribution is -0.125. The number of carbonyl (C=O) groups excluding carboxylic acids is 2. The molecule has 2 amide bonds. The zero-order chi connectivity index (χ0) is 23.3. The molecule has 170 valence electrons. The van der Waals surface area contributed by atoms with Gasteiger partial charge >= 0.3 is 0 Å². The van der Waals surface area contributed by atoms with E-state index >= 15 is 0 Å². The molecule has 0 spiro atoms. The van der Waals surface area contributed by atoms with Crippen LogP contribution in [0.4, 0.5) is 8.78 Å². The molecule has 1 aliphatic rings. The lowest BCUT2D eigenvalue weighted by atomic mass is 10.1. The normalized spacial score (nSPS) is 14.3. The van der Waals surface area contributed by atoms with E-state index in [9.17, 15) is 23.5 Å². The molecule has 0 radical (unpaired) electrons. The van der Waals surface area contributed by atoms with Crippen molar-refractivity contribution in [2.75, 3.05) is 26.2 Å². The molecule has 0 aromatic heterocycles. The average molecular weight is 485 g/mol. The van der Waals surface area contributed by atoms with Crippen LogP contribution in [0.2, 0.25) is 10.0 Å². The standard InChI is InChI=1S/C22H20Cl2F2N2O4/c23-17-3-1-13(7-19(17)25)14-8-22(31)28(11-14)6-5-15(29)10-27-21(30)12-32-16-2-4-18(24)20(26)9-16/h1-4,7-9,15,29H,5-6,10-12H2,(H,27,30)/t15-/m0/s1. The molecule has 0 saturated carbocycles. The summed E-state index contributed by atoms with van der Waals surface area (Å²) in [4.78, 5) is 25.6. The van der Waals surface area contributed by atoms with Crippen molar-refractivity contribution in [1.82, 2.24) is 10.2 Å². The maximum absolute atomic E-state index is 13.7. The number of amides is 2. The van der Waals surface area contributed by atoms with Crippen LogP contribution in [0.15, 0.2) is 42.5 Å². The Morgan fingerprint density at radius 3 is 2.53 bits per heavy atom. The van der Waals surface area contributed by atoms with E-state index in [4.69, 9.17) is 27.9 Å². The van der Waals surface area contributed by atoms with Gasteiger partial charge in [0.1, 0.15) is 17.4 Å². The number of aliphatic hydroxyl groups is 1. The molecule has 0 aliphatic carbocycles. The Hall–Kier alpha value is -2.68. The monoisotopic (exact) mass is 484 g/mol. The maximum Gasteiger partial charge on any atom is 0.258 e. The van der Waals surface area contributed by atoms with E-state index in [0.717, 1.165) is 6.07 Å². The average Bonchev–Trinajstić information content (AvgIpc) is 3.14. The maximum atomic E-state index is 13.7. The van der Waals surface area contributed by atoms with Gasteiger partial charge < -0.3 is 20.1 Å². The molecule has 1 aliphatic heterocycles. The van der Waals surface area contributed by atoms with Gasteiger partial charge in [0.05, 0.1) is 16.1 Å². The largest absolute Gasteiger partial charge is 0.484 e. The van der Waals surface area contributed by atoms with E-state index < -0.39 is 23.6 Å². The third kappa shape index (κ3) is 6.41. The van der Waals surface area contributed by atoms with Crippen LogP contribution in [0.5, 0.6) is 5.75 Å². The van der Waals surface area contributed by atoms with Gasteiger partial charge in [-0.2, -0.15) is 0 Å². The number of rotatable bonds is 9. The number of hydrogen-bond donors (Lipinski definition) is 2. The highest BCUT2D eigenvalue weighted by atomic mass is 35.5. The van der Waals surface area contributed by atoms with Crippen molar-refractivity contribution in [3.63, 3.8) is 0 Å². The molecule has 0 saturated heterocycles. The number of nitrogens with zero attached hydrogens (tertiary/aromatic N) is 1. The number of nitrogens with one attached hydrogen (secondary N) is 1. The highest BCUT2D eigenvalue weighted by Crippen LogP contribution is 2.25. The molecule has 32 heavy (non-hydrogen) atoms. The topological polar surface area (TPSA) is 78.9 Å². The summed E-state index contributed by atoms with van der Waals surface area (Å²) >= 11 is 11.3. The number of ether oxygens (including phenoxy) is 1. The summed E-state index contributed by atoms with van der Waals surface area (Å²) in [5, 5.41) is 12.6. The molecule has 1 atom stereocenters. The van der Waals surface area contributed by atoms with Crippen LogP contribution in [-0.2, 0) is 9.59 Å². The lowest BCUT2D eigenvalue weighted by Gasteiger charge is -2.19. The van der Waals surface area contributed by atoms with Crippen LogP contribution in [0.25, 0.3) is 5.57 Å². The van der Waals surface area contributed by atoms with Crippen molar-refractivity contribution in [3.8, 4) is 5.75 Å². The van der Waals surface area contributed by atoms with E-state index in [1.165, 1.54) is 35.2 Å². The first-order valence-corrected chi connectivity index (χ1v) is 10.5. The summed E-state index contributed by atoms with van der Waals surface area (Å²) in [5.74, 6) is -1.80. The summed E-state index contributed by atoms with van der Waals surface area (Å²) in [7, 11) is 0. The summed E-state index contributed by atoms with van der Waals surface area (Å²) in [6, 6.07) is 8.16. The van der Waals surface area contributed by atoms with Gasteiger partial charge in [-0.25, -0.2) is 8.78 Å². The second kappa shape index (κ2) is 10.8. The van der Waals surface area contributed by atoms with Gasteiger partial charge in [0, 0.05) is 31.8 Å². The van der Waals surface area contributed by atoms with Crippen molar-refractivity contribution in [1.29, 1.82) is 0 Å². The Balaban J connectivity index is 1.38. The van der Waals surface area contributed by atoms with Crippen LogP contribution in [-0.4, -0.2) is 54.2 Å². The predicted molar refractivity (Wildman–Crippen MR) is 117 cm³/mol. The highest BCUT2D eigenvalue weighted by molar-refractivity contribution is 6.31. The van der Waals surface area contributed by atoms with Gasteiger partial charge in [-0.05, 0) is 41.8 Å². The van der Waals surface area contributed by atoms with Gasteiger partial charge in [-0.15, -0.1) is 0 Å². The van der Waals surface area contributed by atoms with Crippen LogP contribution in [0, 0.1) is 11.6 Å². The summed E-state index contributed by atoms with van der Waals surface area (Å²) in [5.41, 5.74) is 1.22. The SMILES string of the molecule is O=C(COc1ccc(Cl)c(F)c1)NC[C@@H](O)CCN1CC(c2ccc(Cl)c(F)c2)=CC1=O. The Morgan fingerprint density at radius 1 is 1.16 bits per heavy atom. The molecule has 2 N–H and O–H groups in total. The summed E-state index contributed by atoms with van der Waals surface area (Å²) in [6.45, 7) is 0.141. The minimum Gasteiger partial charge on any atom is -0.484 e. The van der Waals surface area contributed by atoms with Gasteiger partial charge in [0.2, 0.25) is 5.91 Å². The molecular formula is C22H20Cl2F2N2O4. The summed E-state index contributed by atoms with van der Waals surface area (Å²) in [6.07, 6.45) is 0.760. The molecule has 6 nitrogen and oxygen atoms in total. The van der Waals surface area contributed by atoms with Crippen LogP contribution in [0.1, 0.15) is 12.0 Å². The zero-order valence-corrected chi connectivity index (χ0v) is 18.3. The fourth-order valence-electron chi connectivity index (χ4n) is 3.03. The van der Waals surface area contributed by atoms with E-state index in [2.05, 4.69) is 5.32 Å². The molecule has 10 heteroatoms. The molecule has 2 aromatic rings. The second-order valence-corrected chi connectivity index (χ2v) is 7.98. The zero-order valence-electron chi connectivity index (χ0n) is 16.8. The quantitative estimate of drug-likeness (QED) is 0.571. The van der Waals surface area contributed by atoms with Crippen LogP contribution >= 0.6 is 23.2 Å². The molecule has 2 aromatic carbocycles. The van der Waals surface area contributed by atoms with Gasteiger partial charge in [0.25, 0.3) is 5.91 Å². The minimum atomic E-state index is -0.892. The fourth-order valence-corrected chi connectivity index (χ4v) is 3.27. The van der Waals surface area contributed by atoms with Crippen molar-refractivity contribution < 1.29 is 28.2 Å². The lowest BCUT2D eigenvalue weighted by Crippen LogP contribution is -2.37. The van der Waals surface area contributed by atoms with E-state index in [1.54, 1.807) is 6.07 Å². The van der Waals surface area contributed by atoms with E-state index in [0.29, 0.717) is 11.1 Å². The van der Waals surface area contributed by atoms with E-state index in [-0.39, 0.29) is 54.4 Å². The van der Waals surface area contributed by atoms with Crippen molar-refractivity contribution in [2.45, 2.75) is 12.5 Å². The molecular weight excluding hydrogens is 465 g/mol. The number of benzene rings is 2. The number of carbonyl (C=O) groups is 2. The number of halogens is 4. The van der Waals surface area contributed by atoms with Crippen molar-refractivity contribution in [3.05, 3.63) is 69.7 Å². The van der Waals surface area contributed by atoms with Crippen LogP contribution < -0.4 is 10.1 Å². The predicted octanol–water partition coefficient (Wildman–Crippen LogP) is 3.44. The molecule has 0 unspecified atom stereocenters. The van der Waals surface area contributed by atoms with Gasteiger partial charge in [-0.1, -0.05) is 29.3 Å². The van der Waals surface area contributed by atoms with Crippen LogP contribution in [0.3, 0.4) is 0 Å². The highest BCUT2D eigenvalue weighted by Gasteiger charge is 2.23. The van der Waals surface area contributed by atoms with Gasteiger partial charge in [0.15, 0.2) is 6.61 Å². The smallest absolute Gasteiger partial charge is 0.258 e. The van der Waals surface area contributed by atoms with Crippen molar-refractivity contribution >= 4 is 40.6 Å². The second-order valence-electron chi connectivity index (χ2n) is 7.17. The third-order valence-corrected chi connectivity index (χ3v) is 5.40. The van der Waals surface area contributed by atoms with E-state index in [1.807, 2.05) is 0 Å². The number of aliphatic hydroxyl groups excluding tert-OH is 1. The first-order chi connectivity index (χ1) is 15.2. The first kappa shape index (κ1) is 24.0. The Kier molecular flexibility index (Phi) is 8.06. The minimum absolute atomic E-state index is 0.00595. The summed E-state index contributed by atoms with van der Waals surface area (Å²) < 4.78 is 32.2. The number of hydrogen-bond acceptors (Lipinski definition) is 4. The van der Waals surface area contributed by atoms with Gasteiger partial charge in [-0.3, -0.25) is 9.59 Å². The Morgan fingerprint density at radius 2 is 1.84 bits per heavy atom. The Bertz CT molecular complexity index is 1050. The molecule has 0 fully saturated rings. The fraction of sp³-hybridized carbons (Fsp3) is 0.273. The Labute approximate surface area is 193 Å². The molecule has 3 rings (SSSR count). The van der Waals surface area contributed by atoms with Crippen molar-refractivity contribution in [2.24, 2.45) is 0 Å². The molecule has 1 heterocycles.